The highest BCUT2D eigenvalue weighted by Crippen LogP contribution is 2.53. The minimum Gasteiger partial charge on any atom is -0.453 e. The standard InChI is InChI=1S/C24H19N3O2/c1-15-10-12-16(13-11-15)20-14-21-17-6-2-5-9-22(17)29-24(27(21)26-20)18-7-3-4-8-19(18)25-23(24)28/h2-13,21H,14H2,1H3,(H,25,28)/t21-,24+/m1/s1. The van der Waals surface area contributed by atoms with E-state index in [1.54, 1.807) is 0 Å². The third-order valence-electron chi connectivity index (χ3n) is 6.00. The Morgan fingerprint density at radius 1 is 1.03 bits per heavy atom. The van der Waals surface area contributed by atoms with Crippen molar-refractivity contribution < 1.29 is 9.53 Å². The van der Waals surface area contributed by atoms with Gasteiger partial charge in [-0.25, -0.2) is 5.01 Å². The molecule has 0 aromatic heterocycles. The number of carbonyl (C=O) groups is 1. The molecule has 5 nitrogen and oxygen atoms in total. The van der Waals surface area contributed by atoms with Crippen molar-refractivity contribution in [2.24, 2.45) is 5.10 Å². The highest BCUT2D eigenvalue weighted by atomic mass is 16.5. The molecule has 0 saturated heterocycles. The van der Waals surface area contributed by atoms with Gasteiger partial charge in [0.25, 0.3) is 5.91 Å². The fourth-order valence-corrected chi connectivity index (χ4v) is 4.56. The van der Waals surface area contributed by atoms with Crippen molar-refractivity contribution in [3.63, 3.8) is 0 Å². The molecule has 1 amide bonds. The SMILES string of the molecule is Cc1ccc(C2=NN3[C@H](C2)c2ccccc2O[C@@]32C(=O)Nc3ccccc32)cc1. The maximum absolute atomic E-state index is 13.3. The number of ether oxygens (including phenoxy) is 1. The summed E-state index contributed by atoms with van der Waals surface area (Å²) in [6.07, 6.45) is 0.723. The fraction of sp³-hybridized carbons (Fsp3) is 0.167. The predicted octanol–water partition coefficient (Wildman–Crippen LogP) is 4.34. The largest absolute Gasteiger partial charge is 0.453 e. The summed E-state index contributed by atoms with van der Waals surface area (Å²) in [7, 11) is 0. The molecule has 0 fully saturated rings. The summed E-state index contributed by atoms with van der Waals surface area (Å²) >= 11 is 0. The summed E-state index contributed by atoms with van der Waals surface area (Å²) in [6.45, 7) is 2.07. The Kier molecular flexibility index (Phi) is 3.22. The second-order valence-corrected chi connectivity index (χ2v) is 7.76. The molecule has 2 atom stereocenters. The second kappa shape index (κ2) is 5.70. The highest BCUT2D eigenvalue weighted by molar-refractivity contribution is 6.07. The summed E-state index contributed by atoms with van der Waals surface area (Å²) in [6, 6.07) is 23.9. The predicted molar refractivity (Wildman–Crippen MR) is 111 cm³/mol. The zero-order chi connectivity index (χ0) is 19.6. The molecule has 0 radical (unpaired) electrons. The molecule has 3 aromatic carbocycles. The Morgan fingerprint density at radius 3 is 2.66 bits per heavy atom. The number of anilines is 1. The minimum atomic E-state index is -1.29. The number of nitrogens with one attached hydrogen (secondary N) is 1. The van der Waals surface area contributed by atoms with Crippen LogP contribution in [0.15, 0.2) is 77.9 Å². The van der Waals surface area contributed by atoms with Crippen LogP contribution >= 0.6 is 0 Å². The molecule has 3 aliphatic rings. The van der Waals surface area contributed by atoms with Crippen LogP contribution in [0.1, 0.15) is 34.7 Å². The molecule has 3 heterocycles. The van der Waals surface area contributed by atoms with E-state index in [2.05, 4.69) is 42.6 Å². The van der Waals surface area contributed by atoms with Gasteiger partial charge in [-0.3, -0.25) is 4.79 Å². The maximum Gasteiger partial charge on any atom is 0.306 e. The van der Waals surface area contributed by atoms with E-state index in [9.17, 15) is 4.79 Å². The van der Waals surface area contributed by atoms with Gasteiger partial charge >= 0.3 is 5.72 Å². The van der Waals surface area contributed by atoms with Crippen molar-refractivity contribution in [3.05, 3.63) is 95.1 Å². The van der Waals surface area contributed by atoms with E-state index in [1.807, 2.05) is 47.5 Å². The summed E-state index contributed by atoms with van der Waals surface area (Å²) in [5, 5.41) is 9.81. The first-order chi connectivity index (χ1) is 14.2. The molecule has 6 rings (SSSR count). The Bertz CT molecular complexity index is 1180. The molecule has 3 aliphatic heterocycles. The smallest absolute Gasteiger partial charge is 0.306 e. The van der Waals surface area contributed by atoms with E-state index < -0.39 is 5.72 Å². The van der Waals surface area contributed by atoms with E-state index >= 15 is 0 Å². The highest BCUT2D eigenvalue weighted by Gasteiger charge is 2.60. The minimum absolute atomic E-state index is 0.0619. The van der Waals surface area contributed by atoms with Crippen LogP contribution in [-0.4, -0.2) is 16.6 Å². The number of para-hydroxylation sites is 2. The third-order valence-corrected chi connectivity index (χ3v) is 6.00. The number of nitrogens with zero attached hydrogens (tertiary/aromatic N) is 2. The van der Waals surface area contributed by atoms with Crippen LogP contribution in [0.25, 0.3) is 0 Å². The van der Waals surface area contributed by atoms with Gasteiger partial charge in [0.15, 0.2) is 0 Å². The van der Waals surface area contributed by atoms with Crippen LogP contribution in [0, 0.1) is 6.92 Å². The van der Waals surface area contributed by atoms with E-state index in [0.717, 1.165) is 40.3 Å². The molecule has 5 heteroatoms. The lowest BCUT2D eigenvalue weighted by Gasteiger charge is -2.43. The first-order valence-electron chi connectivity index (χ1n) is 9.79. The lowest BCUT2D eigenvalue weighted by Crippen LogP contribution is -2.55. The van der Waals surface area contributed by atoms with Gasteiger partial charge in [0, 0.05) is 12.0 Å². The number of amides is 1. The van der Waals surface area contributed by atoms with Crippen LogP contribution < -0.4 is 10.1 Å². The van der Waals surface area contributed by atoms with Crippen molar-refractivity contribution in [3.8, 4) is 5.75 Å². The van der Waals surface area contributed by atoms with Gasteiger partial charge in [-0.15, -0.1) is 0 Å². The lowest BCUT2D eigenvalue weighted by atomic mass is 9.92. The van der Waals surface area contributed by atoms with Crippen LogP contribution in [0.5, 0.6) is 5.75 Å². The van der Waals surface area contributed by atoms with Crippen molar-refractivity contribution in [2.45, 2.75) is 25.1 Å². The van der Waals surface area contributed by atoms with Gasteiger partial charge in [0.2, 0.25) is 0 Å². The normalized spacial score (nSPS) is 23.8. The van der Waals surface area contributed by atoms with E-state index in [4.69, 9.17) is 9.84 Å². The summed E-state index contributed by atoms with van der Waals surface area (Å²) < 4.78 is 6.44. The molecule has 1 N–H and O–H groups in total. The van der Waals surface area contributed by atoms with Gasteiger partial charge in [-0.1, -0.05) is 66.2 Å². The van der Waals surface area contributed by atoms with Gasteiger partial charge in [0.1, 0.15) is 5.75 Å². The molecule has 29 heavy (non-hydrogen) atoms. The summed E-state index contributed by atoms with van der Waals surface area (Å²) in [4.78, 5) is 13.3. The Labute approximate surface area is 168 Å². The summed E-state index contributed by atoms with van der Waals surface area (Å²) in [5.74, 6) is 0.535. The molecule has 0 bridgehead atoms. The monoisotopic (exact) mass is 381 g/mol. The third kappa shape index (κ3) is 2.15. The fourth-order valence-electron chi connectivity index (χ4n) is 4.56. The molecule has 142 valence electrons. The van der Waals surface area contributed by atoms with Crippen LogP contribution in [-0.2, 0) is 10.5 Å². The molecule has 0 unspecified atom stereocenters. The van der Waals surface area contributed by atoms with Gasteiger partial charge < -0.3 is 10.1 Å². The van der Waals surface area contributed by atoms with Crippen LogP contribution in [0.4, 0.5) is 5.69 Å². The Hall–Kier alpha value is -3.60. The number of fused-ring (bicyclic) bond motifs is 6. The second-order valence-electron chi connectivity index (χ2n) is 7.76. The van der Waals surface area contributed by atoms with Crippen molar-refractivity contribution in [2.75, 3.05) is 5.32 Å². The number of carbonyl (C=O) groups excluding carboxylic acids is 1. The van der Waals surface area contributed by atoms with Crippen LogP contribution in [0.3, 0.4) is 0 Å². The number of benzene rings is 3. The van der Waals surface area contributed by atoms with Gasteiger partial charge in [-0.05, 0) is 24.6 Å². The maximum atomic E-state index is 13.3. The first-order valence-corrected chi connectivity index (χ1v) is 9.79. The number of hydrazone groups is 1. The van der Waals surface area contributed by atoms with Crippen molar-refractivity contribution >= 4 is 17.3 Å². The van der Waals surface area contributed by atoms with Gasteiger partial charge in [-0.2, -0.15) is 5.10 Å². The molecule has 0 saturated carbocycles. The van der Waals surface area contributed by atoms with Crippen molar-refractivity contribution in [1.29, 1.82) is 0 Å². The molecular weight excluding hydrogens is 362 g/mol. The van der Waals surface area contributed by atoms with E-state index in [1.165, 1.54) is 5.56 Å². The quantitative estimate of drug-likeness (QED) is 0.682. The Balaban J connectivity index is 1.56. The van der Waals surface area contributed by atoms with Gasteiger partial charge in [0.05, 0.1) is 23.0 Å². The summed E-state index contributed by atoms with van der Waals surface area (Å²) in [5.41, 5.74) is 4.59. The van der Waals surface area contributed by atoms with Crippen LogP contribution in [0.2, 0.25) is 0 Å². The molecular formula is C24H19N3O2. The van der Waals surface area contributed by atoms with E-state index in [0.29, 0.717) is 0 Å². The Morgan fingerprint density at radius 2 is 1.79 bits per heavy atom. The molecule has 1 spiro atoms. The number of hydrogen-bond acceptors (Lipinski definition) is 4. The lowest BCUT2D eigenvalue weighted by molar-refractivity contribution is -0.161. The van der Waals surface area contributed by atoms with E-state index in [-0.39, 0.29) is 11.9 Å². The number of rotatable bonds is 1. The van der Waals surface area contributed by atoms with Crippen molar-refractivity contribution in [1.82, 2.24) is 5.01 Å². The molecule has 0 aliphatic carbocycles. The average molecular weight is 381 g/mol. The average Bonchev–Trinajstić information content (AvgIpc) is 3.30. The topological polar surface area (TPSA) is 53.9 Å². The molecule has 3 aromatic rings. The number of aryl methyl sites for hydroxylation is 1. The zero-order valence-corrected chi connectivity index (χ0v) is 15.9. The first kappa shape index (κ1) is 16.4. The number of hydrogen-bond donors (Lipinski definition) is 1. The zero-order valence-electron chi connectivity index (χ0n) is 15.9.